The summed E-state index contributed by atoms with van der Waals surface area (Å²) in [5.41, 5.74) is 2.26. The predicted octanol–water partition coefficient (Wildman–Crippen LogP) is 2.86. The van der Waals surface area contributed by atoms with Gasteiger partial charge in [0.2, 0.25) is 0 Å². The van der Waals surface area contributed by atoms with Crippen LogP contribution in [0.1, 0.15) is 30.1 Å². The van der Waals surface area contributed by atoms with Crippen molar-refractivity contribution in [1.82, 2.24) is 4.90 Å². The van der Waals surface area contributed by atoms with Gasteiger partial charge in [-0.05, 0) is 43.7 Å². The predicted molar refractivity (Wildman–Crippen MR) is 79.1 cm³/mol. The lowest BCUT2D eigenvalue weighted by atomic mass is 10.0. The Morgan fingerprint density at radius 3 is 2.89 bits per heavy atom. The largest absolute Gasteiger partial charge is 0.388 e. The molecule has 2 unspecified atom stereocenters. The number of rotatable bonds is 5. The normalized spacial score (nSPS) is 21.4. The van der Waals surface area contributed by atoms with Gasteiger partial charge in [0.05, 0.1) is 6.10 Å². The summed E-state index contributed by atoms with van der Waals surface area (Å²) >= 11 is 2.04. The Kier molecular flexibility index (Phi) is 5.10. The molecule has 3 heteroatoms. The highest BCUT2D eigenvalue weighted by atomic mass is 32.2. The molecule has 1 heterocycles. The monoisotopic (exact) mass is 265 g/mol. The van der Waals surface area contributed by atoms with Gasteiger partial charge in [0.15, 0.2) is 0 Å². The fraction of sp³-hybridized carbons (Fsp3) is 0.600. The second kappa shape index (κ2) is 6.60. The summed E-state index contributed by atoms with van der Waals surface area (Å²) < 4.78 is 0. The van der Waals surface area contributed by atoms with Crippen LogP contribution in [0.4, 0.5) is 0 Å². The summed E-state index contributed by atoms with van der Waals surface area (Å²) in [6.07, 6.45) is 1.78. The van der Waals surface area contributed by atoms with Crippen LogP contribution in [-0.2, 0) is 0 Å². The summed E-state index contributed by atoms with van der Waals surface area (Å²) in [7, 11) is 2.18. The molecule has 2 nitrogen and oxygen atoms in total. The Bertz CT molecular complexity index is 377. The average molecular weight is 265 g/mol. The molecule has 18 heavy (non-hydrogen) atoms. The molecule has 0 amide bonds. The van der Waals surface area contributed by atoms with Crippen molar-refractivity contribution in [3.05, 3.63) is 35.4 Å². The lowest BCUT2D eigenvalue weighted by Gasteiger charge is -2.25. The maximum atomic E-state index is 10.3. The zero-order valence-electron chi connectivity index (χ0n) is 11.3. The van der Waals surface area contributed by atoms with Crippen LogP contribution in [0.15, 0.2) is 24.3 Å². The second-order valence-corrected chi connectivity index (χ2v) is 6.31. The first-order valence-corrected chi connectivity index (χ1v) is 7.85. The Labute approximate surface area is 114 Å². The van der Waals surface area contributed by atoms with E-state index in [1.807, 2.05) is 30.0 Å². The van der Waals surface area contributed by atoms with Crippen LogP contribution < -0.4 is 0 Å². The zero-order valence-corrected chi connectivity index (χ0v) is 12.1. The fourth-order valence-corrected chi connectivity index (χ4v) is 3.79. The number of aliphatic hydroxyl groups excluding tert-OH is 1. The topological polar surface area (TPSA) is 23.5 Å². The van der Waals surface area contributed by atoms with Gasteiger partial charge in [-0.1, -0.05) is 24.3 Å². The molecule has 1 N–H and O–H groups in total. The number of benzene rings is 1. The molecule has 1 saturated heterocycles. The van der Waals surface area contributed by atoms with Gasteiger partial charge in [0.1, 0.15) is 0 Å². The smallest absolute Gasteiger partial charge is 0.0804 e. The van der Waals surface area contributed by atoms with Crippen LogP contribution in [0, 0.1) is 6.92 Å². The Morgan fingerprint density at radius 2 is 2.22 bits per heavy atom. The van der Waals surface area contributed by atoms with Crippen molar-refractivity contribution >= 4 is 11.8 Å². The Hall–Kier alpha value is -0.510. The van der Waals surface area contributed by atoms with Crippen LogP contribution >= 0.6 is 11.8 Å². The van der Waals surface area contributed by atoms with E-state index in [0.717, 1.165) is 18.5 Å². The summed E-state index contributed by atoms with van der Waals surface area (Å²) in [4.78, 5) is 2.40. The van der Waals surface area contributed by atoms with E-state index in [9.17, 15) is 5.11 Å². The first-order valence-electron chi connectivity index (χ1n) is 6.70. The van der Waals surface area contributed by atoms with Crippen LogP contribution in [-0.4, -0.2) is 41.1 Å². The van der Waals surface area contributed by atoms with Crippen molar-refractivity contribution in [1.29, 1.82) is 0 Å². The molecule has 1 aliphatic rings. The second-order valence-electron chi connectivity index (χ2n) is 5.16. The lowest BCUT2D eigenvalue weighted by Crippen LogP contribution is -2.33. The summed E-state index contributed by atoms with van der Waals surface area (Å²) in [5.74, 6) is 2.53. The Morgan fingerprint density at radius 1 is 1.44 bits per heavy atom. The molecule has 0 radical (unpaired) electrons. The molecule has 100 valence electrons. The fourth-order valence-electron chi connectivity index (χ4n) is 2.49. The van der Waals surface area contributed by atoms with Crippen molar-refractivity contribution in [2.24, 2.45) is 0 Å². The molecular weight excluding hydrogens is 242 g/mol. The number of nitrogens with zero attached hydrogens (tertiary/aromatic N) is 1. The standard InChI is InChI=1S/C15H23NOS/c1-12-5-3-4-6-14(12)15(17)7-9-16(2)13-8-10-18-11-13/h3-6,13,15,17H,7-11H2,1-2H3. The summed E-state index contributed by atoms with van der Waals surface area (Å²) in [6, 6.07) is 8.83. The molecule has 0 saturated carbocycles. The average Bonchev–Trinajstić information content (AvgIpc) is 2.90. The van der Waals surface area contributed by atoms with Crippen LogP contribution in [0.2, 0.25) is 0 Å². The first-order chi connectivity index (χ1) is 8.68. The van der Waals surface area contributed by atoms with Gasteiger partial charge in [0, 0.05) is 18.3 Å². The van der Waals surface area contributed by atoms with E-state index in [1.54, 1.807) is 0 Å². The van der Waals surface area contributed by atoms with Gasteiger partial charge in [-0.25, -0.2) is 0 Å². The highest BCUT2D eigenvalue weighted by Crippen LogP contribution is 2.24. The van der Waals surface area contributed by atoms with Crippen molar-refractivity contribution in [3.8, 4) is 0 Å². The van der Waals surface area contributed by atoms with Gasteiger partial charge in [-0.15, -0.1) is 0 Å². The van der Waals surface area contributed by atoms with Crippen LogP contribution in [0.5, 0.6) is 0 Å². The molecule has 1 fully saturated rings. The van der Waals surface area contributed by atoms with Crippen molar-refractivity contribution in [2.75, 3.05) is 25.1 Å². The van der Waals surface area contributed by atoms with Crippen molar-refractivity contribution in [2.45, 2.75) is 31.9 Å². The minimum absolute atomic E-state index is 0.331. The highest BCUT2D eigenvalue weighted by molar-refractivity contribution is 7.99. The SMILES string of the molecule is Cc1ccccc1C(O)CCN(C)C1CCSC1. The molecule has 0 bridgehead atoms. The number of thioether (sulfide) groups is 1. The van der Waals surface area contributed by atoms with E-state index in [1.165, 1.54) is 23.5 Å². The maximum absolute atomic E-state index is 10.3. The quantitative estimate of drug-likeness (QED) is 0.885. The molecule has 0 aliphatic carbocycles. The van der Waals surface area contributed by atoms with Crippen molar-refractivity contribution < 1.29 is 5.11 Å². The van der Waals surface area contributed by atoms with E-state index >= 15 is 0 Å². The summed E-state index contributed by atoms with van der Waals surface area (Å²) in [5, 5.41) is 10.3. The van der Waals surface area contributed by atoms with Crippen molar-refractivity contribution in [3.63, 3.8) is 0 Å². The molecule has 1 aliphatic heterocycles. The number of hydrogen-bond donors (Lipinski definition) is 1. The van der Waals surface area contributed by atoms with Crippen LogP contribution in [0.3, 0.4) is 0 Å². The number of aryl methyl sites for hydroxylation is 1. The number of aliphatic hydroxyl groups is 1. The highest BCUT2D eigenvalue weighted by Gasteiger charge is 2.20. The van der Waals surface area contributed by atoms with E-state index in [0.29, 0.717) is 6.04 Å². The van der Waals surface area contributed by atoms with Crippen LogP contribution in [0.25, 0.3) is 0 Å². The molecule has 0 aromatic heterocycles. The van der Waals surface area contributed by atoms with E-state index in [-0.39, 0.29) is 6.10 Å². The molecule has 2 atom stereocenters. The third-order valence-electron chi connectivity index (χ3n) is 3.83. The third kappa shape index (κ3) is 3.50. The zero-order chi connectivity index (χ0) is 13.0. The van der Waals surface area contributed by atoms with Gasteiger partial charge in [0.25, 0.3) is 0 Å². The molecule has 0 spiro atoms. The minimum Gasteiger partial charge on any atom is -0.388 e. The summed E-state index contributed by atoms with van der Waals surface area (Å²) in [6.45, 7) is 3.04. The first kappa shape index (κ1) is 13.9. The van der Waals surface area contributed by atoms with E-state index in [4.69, 9.17) is 0 Å². The van der Waals surface area contributed by atoms with Gasteiger partial charge in [-0.2, -0.15) is 11.8 Å². The Balaban J connectivity index is 1.84. The minimum atomic E-state index is -0.331. The lowest BCUT2D eigenvalue weighted by molar-refractivity contribution is 0.139. The number of hydrogen-bond acceptors (Lipinski definition) is 3. The third-order valence-corrected chi connectivity index (χ3v) is 4.98. The molecule has 1 aromatic carbocycles. The maximum Gasteiger partial charge on any atom is 0.0804 e. The molecule has 2 rings (SSSR count). The van der Waals surface area contributed by atoms with E-state index in [2.05, 4.69) is 24.9 Å². The van der Waals surface area contributed by atoms with Gasteiger partial charge < -0.3 is 10.0 Å². The molecular formula is C15H23NOS. The van der Waals surface area contributed by atoms with Gasteiger partial charge >= 0.3 is 0 Å². The molecule has 1 aromatic rings. The van der Waals surface area contributed by atoms with Gasteiger partial charge in [-0.3, -0.25) is 0 Å². The van der Waals surface area contributed by atoms with E-state index < -0.39 is 0 Å².